The predicted molar refractivity (Wildman–Crippen MR) is 200 cm³/mol. The topological polar surface area (TPSA) is 133 Å². The predicted octanol–water partition coefficient (Wildman–Crippen LogP) is 1.46. The molecule has 5 saturated carbocycles. The second-order valence-corrected chi connectivity index (χ2v) is 19.0. The summed E-state index contributed by atoms with van der Waals surface area (Å²) in [5, 5.41) is 23.6. The van der Waals surface area contributed by atoms with E-state index in [4.69, 9.17) is 9.47 Å². The van der Waals surface area contributed by atoms with Gasteiger partial charge in [-0.1, -0.05) is 83.2 Å². The molecule has 8 nitrogen and oxygen atoms in total. The summed E-state index contributed by atoms with van der Waals surface area (Å²) in [6, 6.07) is 12.2. The number of carboxylic acid groups (broad SMARTS) is 2. The Kier molecular flexibility index (Phi) is 14.1. The van der Waals surface area contributed by atoms with Gasteiger partial charge in [0.15, 0.2) is 0 Å². The van der Waals surface area contributed by atoms with Gasteiger partial charge in [-0.15, -0.1) is 0 Å². The summed E-state index contributed by atoms with van der Waals surface area (Å²) in [5.41, 5.74) is 0.644. The fourth-order valence-electron chi connectivity index (χ4n) is 13.9. The van der Waals surface area contributed by atoms with E-state index in [9.17, 15) is 29.4 Å². The third-order valence-corrected chi connectivity index (χ3v) is 16.7. The summed E-state index contributed by atoms with van der Waals surface area (Å²) in [6.45, 7) is 19.0. The molecule has 2 unspecified atom stereocenters. The minimum atomic E-state index is -1.39. The fourth-order valence-corrected chi connectivity index (χ4v) is 13.9. The Morgan fingerprint density at radius 2 is 1.25 bits per heavy atom. The fraction of sp³-hybridized carbons (Fsp3) is 0.609. The van der Waals surface area contributed by atoms with Crippen LogP contribution in [-0.4, -0.2) is 36.6 Å². The van der Waals surface area contributed by atoms with Gasteiger partial charge in [-0.3, -0.25) is 0 Å². The molecule has 10 heteroatoms. The maximum Gasteiger partial charge on any atom is 1.00 e. The molecule has 0 radical (unpaired) electrons. The summed E-state index contributed by atoms with van der Waals surface area (Å²) in [7, 11) is 0. The zero-order chi connectivity index (χ0) is 39.0. The Bertz CT molecular complexity index is 1890. The Morgan fingerprint density at radius 3 is 1.82 bits per heavy atom. The molecule has 0 bridgehead atoms. The van der Waals surface area contributed by atoms with Gasteiger partial charge < -0.3 is 29.3 Å². The van der Waals surface area contributed by atoms with Crippen LogP contribution in [0, 0.1) is 56.7 Å². The molecule has 2 aromatic rings. The molecule has 2 aromatic carbocycles. The molecule has 0 aromatic heterocycles. The number of rotatable bonds is 8. The Hall–Kier alpha value is -0.667. The maximum atomic E-state index is 13.5. The third-order valence-electron chi connectivity index (χ3n) is 16.7. The van der Waals surface area contributed by atoms with Gasteiger partial charge in [0.25, 0.3) is 0 Å². The van der Waals surface area contributed by atoms with Crippen molar-refractivity contribution in [3.05, 3.63) is 82.9 Å². The van der Waals surface area contributed by atoms with Gasteiger partial charge >= 0.3 is 115 Å². The minimum Gasteiger partial charge on any atom is -0.545 e. The molecule has 0 amide bonds. The number of carbonyl (C=O) groups excluding carboxylic acids is 4. The molecular formula is C46H56K2O8. The average molecular weight is 815 g/mol. The molecule has 10 atom stereocenters. The molecule has 5 aliphatic carbocycles. The van der Waals surface area contributed by atoms with Crippen LogP contribution in [0.25, 0.3) is 0 Å². The first-order valence-electron chi connectivity index (χ1n) is 20.1. The van der Waals surface area contributed by atoms with Crippen molar-refractivity contribution in [2.24, 2.45) is 56.7 Å². The monoisotopic (exact) mass is 814 g/mol. The molecule has 56 heavy (non-hydrogen) atoms. The molecule has 5 fully saturated rings. The van der Waals surface area contributed by atoms with Gasteiger partial charge in [0.2, 0.25) is 0 Å². The normalized spacial score (nSPS) is 36.4. The van der Waals surface area contributed by atoms with Crippen molar-refractivity contribution < 1.29 is 142 Å². The summed E-state index contributed by atoms with van der Waals surface area (Å²) in [5.74, 6) is -2.10. The Labute approximate surface area is 417 Å². The van der Waals surface area contributed by atoms with Crippen LogP contribution in [0.3, 0.4) is 0 Å². The van der Waals surface area contributed by atoms with Gasteiger partial charge in [-0.05, 0) is 129 Å². The summed E-state index contributed by atoms with van der Waals surface area (Å²) >= 11 is 0. The van der Waals surface area contributed by atoms with Crippen molar-refractivity contribution >= 4 is 23.9 Å². The number of esters is 2. The number of hydrogen-bond acceptors (Lipinski definition) is 8. The first-order valence-corrected chi connectivity index (χ1v) is 20.1. The van der Waals surface area contributed by atoms with E-state index in [1.54, 1.807) is 24.3 Å². The number of allylic oxidation sites excluding steroid dienone is 1. The summed E-state index contributed by atoms with van der Waals surface area (Å²) < 4.78 is 12.3. The first kappa shape index (κ1) is 46.4. The van der Waals surface area contributed by atoms with E-state index >= 15 is 0 Å². The second kappa shape index (κ2) is 17.0. The van der Waals surface area contributed by atoms with E-state index in [0.29, 0.717) is 29.6 Å². The van der Waals surface area contributed by atoms with Crippen molar-refractivity contribution in [1.29, 1.82) is 0 Å². The molecule has 7 rings (SSSR count). The van der Waals surface area contributed by atoms with Crippen LogP contribution >= 0.6 is 0 Å². The maximum absolute atomic E-state index is 13.5. The summed E-state index contributed by atoms with van der Waals surface area (Å²) in [4.78, 5) is 50.5. The van der Waals surface area contributed by atoms with Gasteiger partial charge in [0, 0.05) is 22.0 Å². The van der Waals surface area contributed by atoms with Crippen molar-refractivity contribution in [2.75, 3.05) is 6.61 Å². The molecular weight excluding hydrogens is 759 g/mol. The molecule has 290 valence electrons. The van der Waals surface area contributed by atoms with E-state index in [0.717, 1.165) is 64.2 Å². The molecule has 0 N–H and O–H groups in total. The molecule has 0 saturated heterocycles. The smallest absolute Gasteiger partial charge is 0.545 e. The van der Waals surface area contributed by atoms with E-state index in [1.807, 2.05) is 0 Å². The van der Waals surface area contributed by atoms with Gasteiger partial charge in [0.05, 0.1) is 29.7 Å². The van der Waals surface area contributed by atoms with Crippen molar-refractivity contribution in [3.8, 4) is 0 Å². The third kappa shape index (κ3) is 7.42. The molecule has 0 aliphatic heterocycles. The van der Waals surface area contributed by atoms with Gasteiger partial charge in [-0.25, -0.2) is 9.59 Å². The van der Waals surface area contributed by atoms with Crippen LogP contribution in [0.4, 0.5) is 0 Å². The van der Waals surface area contributed by atoms with Crippen LogP contribution in [-0.2, 0) is 9.47 Å². The van der Waals surface area contributed by atoms with Crippen molar-refractivity contribution in [3.63, 3.8) is 0 Å². The van der Waals surface area contributed by atoms with E-state index in [1.165, 1.54) is 29.8 Å². The SMILES string of the molecule is C=C(C)[C@@H]1CC[C@]2(COC(=O)c3ccccc3C(=O)[O-])CC[C@]3(C)C(CC[C@@H]4[C@@]5(C)CC[C@H](OC(=O)c6ccccc6C(=O)[O-])C(C)(C)C5CC[C@]43C)[C@H]12.[K+].[K+]. The van der Waals surface area contributed by atoms with Crippen LogP contribution in [0.1, 0.15) is 147 Å². The zero-order valence-electron chi connectivity index (χ0n) is 34.8. The first-order chi connectivity index (χ1) is 25.4. The van der Waals surface area contributed by atoms with E-state index in [2.05, 4.69) is 48.1 Å². The molecule has 0 spiro atoms. The number of ether oxygens (including phenoxy) is 2. The molecule has 5 aliphatic rings. The zero-order valence-corrected chi connectivity index (χ0v) is 41.1. The number of hydrogen-bond donors (Lipinski definition) is 0. The number of aromatic carboxylic acids is 2. The minimum absolute atomic E-state index is 0. The van der Waals surface area contributed by atoms with Crippen molar-refractivity contribution in [1.82, 2.24) is 0 Å². The number of carboxylic acids is 2. The van der Waals surface area contributed by atoms with Crippen LogP contribution in [0.5, 0.6) is 0 Å². The van der Waals surface area contributed by atoms with Crippen molar-refractivity contribution in [2.45, 2.75) is 112 Å². The van der Waals surface area contributed by atoms with E-state index < -0.39 is 23.9 Å². The Balaban J connectivity index is 0.00000300. The van der Waals surface area contributed by atoms with E-state index in [-0.39, 0.29) is 165 Å². The Morgan fingerprint density at radius 1 is 0.679 bits per heavy atom. The van der Waals surface area contributed by atoms with Crippen LogP contribution in [0.15, 0.2) is 60.7 Å². The van der Waals surface area contributed by atoms with Crippen LogP contribution < -0.4 is 113 Å². The molecule has 0 heterocycles. The number of carbonyl (C=O) groups is 4. The van der Waals surface area contributed by atoms with Gasteiger partial charge in [-0.2, -0.15) is 0 Å². The average Bonchev–Trinajstić information content (AvgIpc) is 3.52. The second-order valence-electron chi connectivity index (χ2n) is 19.0. The number of benzene rings is 2. The quantitative estimate of drug-likeness (QED) is 0.223. The van der Waals surface area contributed by atoms with Crippen LogP contribution in [0.2, 0.25) is 0 Å². The van der Waals surface area contributed by atoms with Gasteiger partial charge in [0.1, 0.15) is 6.10 Å². The standard InChI is InChI=1S/C46H58O8.2K/c1-27(2)28-18-23-46(26-53-40(51)31-14-10-8-12-29(31)38(47)48)25-24-44(6)33(37(28)46)16-17-35-43(5)21-20-36(42(3,4)34(43)19-22-45(35,44)7)54-41(52)32-15-11-9-13-30(32)39(49)50;;/h8-15,28,33-37H,1,16-26H2,2-7H3,(H,47,48)(H,49,50);;/q;2*+1/p-2/t28-,33?,34?,35+,36-,37-,43-,44+,45+,46+;;/m0../s1. The largest absolute Gasteiger partial charge is 1.00 e. The summed E-state index contributed by atoms with van der Waals surface area (Å²) in [6.07, 6.45) is 9.60. The number of fused-ring (bicyclic) bond motifs is 7.